The van der Waals surface area contributed by atoms with Crippen LogP contribution in [0.1, 0.15) is 27.0 Å². The summed E-state index contributed by atoms with van der Waals surface area (Å²) in [4.78, 5) is 12.1. The summed E-state index contributed by atoms with van der Waals surface area (Å²) in [6.45, 7) is 1.05. The quantitative estimate of drug-likeness (QED) is 0.730. The number of carboxylic acid groups (broad SMARTS) is 1. The topological polar surface area (TPSA) is 49.3 Å². The average molecular weight is 183 g/mol. The normalized spacial score (nSPS) is 21.8. The summed E-state index contributed by atoms with van der Waals surface area (Å²) in [6, 6.07) is 3.97. The van der Waals surface area contributed by atoms with Crippen molar-refractivity contribution in [3.8, 4) is 0 Å². The number of nitrogens with one attached hydrogen (secondary N) is 1. The summed E-state index contributed by atoms with van der Waals surface area (Å²) in [5, 5.41) is 11.9. The smallest absolute Gasteiger partial charge is 0.345 e. The van der Waals surface area contributed by atoms with Crippen LogP contribution in [-0.2, 0) is 0 Å². The number of thiophene rings is 1. The first-order valence-corrected chi connectivity index (χ1v) is 4.65. The lowest BCUT2D eigenvalue weighted by atomic mass is 10.1. The Morgan fingerprint density at radius 3 is 2.83 bits per heavy atom. The number of aromatic carboxylic acids is 1. The van der Waals surface area contributed by atoms with Gasteiger partial charge in [-0.2, -0.15) is 0 Å². The van der Waals surface area contributed by atoms with Crippen molar-refractivity contribution < 1.29 is 9.90 Å². The van der Waals surface area contributed by atoms with Gasteiger partial charge in [0, 0.05) is 10.9 Å². The molecule has 1 aromatic rings. The zero-order valence-corrected chi connectivity index (χ0v) is 7.23. The van der Waals surface area contributed by atoms with Crippen LogP contribution in [0.3, 0.4) is 0 Å². The number of carbonyl (C=O) groups is 1. The molecular weight excluding hydrogens is 174 g/mol. The molecule has 0 aliphatic carbocycles. The molecular formula is C8H9NO2S. The monoisotopic (exact) mass is 183 g/mol. The molecule has 2 N–H and O–H groups in total. The van der Waals surface area contributed by atoms with Crippen LogP contribution < -0.4 is 5.32 Å². The van der Waals surface area contributed by atoms with Crippen LogP contribution in [0.15, 0.2) is 12.1 Å². The molecule has 0 radical (unpaired) electrons. The summed E-state index contributed by atoms with van der Waals surface area (Å²) in [5.41, 5.74) is 0. The number of hydrogen-bond donors (Lipinski definition) is 2. The maximum Gasteiger partial charge on any atom is 0.345 e. The Morgan fingerprint density at radius 2 is 2.42 bits per heavy atom. The van der Waals surface area contributed by atoms with E-state index in [1.807, 2.05) is 6.07 Å². The van der Waals surface area contributed by atoms with Gasteiger partial charge in [-0.3, -0.25) is 0 Å². The van der Waals surface area contributed by atoms with Gasteiger partial charge < -0.3 is 10.4 Å². The SMILES string of the molecule is O=C(O)c1ccc(C2CCN2)s1. The van der Waals surface area contributed by atoms with Crippen molar-refractivity contribution in [2.75, 3.05) is 6.54 Å². The van der Waals surface area contributed by atoms with Crippen molar-refractivity contribution in [3.63, 3.8) is 0 Å². The molecule has 1 aromatic heterocycles. The largest absolute Gasteiger partial charge is 0.477 e. The van der Waals surface area contributed by atoms with Crippen LogP contribution >= 0.6 is 11.3 Å². The number of hydrogen-bond acceptors (Lipinski definition) is 3. The molecule has 1 saturated heterocycles. The second-order valence-corrected chi connectivity index (χ2v) is 3.92. The minimum Gasteiger partial charge on any atom is -0.477 e. The maximum atomic E-state index is 10.5. The van der Waals surface area contributed by atoms with Gasteiger partial charge in [0.2, 0.25) is 0 Å². The third kappa shape index (κ3) is 1.23. The molecule has 2 rings (SSSR count). The summed E-state index contributed by atoms with van der Waals surface area (Å²) >= 11 is 1.36. The van der Waals surface area contributed by atoms with Crippen LogP contribution in [-0.4, -0.2) is 17.6 Å². The first kappa shape index (κ1) is 7.76. The Kier molecular flexibility index (Phi) is 1.86. The highest BCUT2D eigenvalue weighted by Gasteiger charge is 2.20. The lowest BCUT2D eigenvalue weighted by Crippen LogP contribution is -2.34. The van der Waals surface area contributed by atoms with Crippen LogP contribution in [0, 0.1) is 0 Å². The Balaban J connectivity index is 2.17. The summed E-state index contributed by atoms with van der Waals surface area (Å²) < 4.78 is 0. The highest BCUT2D eigenvalue weighted by Crippen LogP contribution is 2.29. The first-order valence-electron chi connectivity index (χ1n) is 3.84. The minimum absolute atomic E-state index is 0.406. The third-order valence-electron chi connectivity index (χ3n) is 2.00. The van der Waals surface area contributed by atoms with Crippen molar-refractivity contribution in [1.82, 2.24) is 5.32 Å². The standard InChI is InChI=1S/C8H9NO2S/c10-8(11)7-2-1-6(12-7)5-3-4-9-5/h1-2,5,9H,3-4H2,(H,10,11). The highest BCUT2D eigenvalue weighted by atomic mass is 32.1. The van der Waals surface area contributed by atoms with E-state index in [1.165, 1.54) is 11.3 Å². The molecule has 0 spiro atoms. The fraction of sp³-hybridized carbons (Fsp3) is 0.375. The van der Waals surface area contributed by atoms with E-state index in [4.69, 9.17) is 5.11 Å². The van der Waals surface area contributed by atoms with E-state index >= 15 is 0 Å². The van der Waals surface area contributed by atoms with Gasteiger partial charge in [-0.05, 0) is 25.1 Å². The molecule has 3 nitrogen and oxygen atoms in total. The minimum atomic E-state index is -0.828. The number of rotatable bonds is 2. The zero-order valence-electron chi connectivity index (χ0n) is 6.41. The van der Waals surface area contributed by atoms with Crippen molar-refractivity contribution in [2.24, 2.45) is 0 Å². The average Bonchev–Trinajstić information content (AvgIpc) is 2.32. The highest BCUT2D eigenvalue weighted by molar-refractivity contribution is 7.14. The van der Waals surface area contributed by atoms with Gasteiger partial charge in [0.05, 0.1) is 0 Å². The molecule has 1 aliphatic heterocycles. The predicted molar refractivity (Wildman–Crippen MR) is 46.6 cm³/mol. The molecule has 12 heavy (non-hydrogen) atoms. The molecule has 64 valence electrons. The van der Waals surface area contributed by atoms with E-state index in [9.17, 15) is 4.79 Å². The fourth-order valence-electron chi connectivity index (χ4n) is 1.19. The van der Waals surface area contributed by atoms with E-state index in [0.29, 0.717) is 10.9 Å². The summed E-state index contributed by atoms with van der Waals surface area (Å²) in [5.74, 6) is -0.828. The zero-order chi connectivity index (χ0) is 8.55. The van der Waals surface area contributed by atoms with E-state index in [1.54, 1.807) is 6.07 Å². The van der Waals surface area contributed by atoms with E-state index in [-0.39, 0.29) is 0 Å². The maximum absolute atomic E-state index is 10.5. The van der Waals surface area contributed by atoms with Crippen LogP contribution in [0.25, 0.3) is 0 Å². The van der Waals surface area contributed by atoms with Gasteiger partial charge in [-0.1, -0.05) is 0 Å². The molecule has 1 atom stereocenters. The Morgan fingerprint density at radius 1 is 1.67 bits per heavy atom. The van der Waals surface area contributed by atoms with Crippen LogP contribution in [0.2, 0.25) is 0 Å². The second kappa shape index (κ2) is 2.88. The van der Waals surface area contributed by atoms with Crippen LogP contribution in [0.5, 0.6) is 0 Å². The van der Waals surface area contributed by atoms with Gasteiger partial charge in [-0.25, -0.2) is 4.79 Å². The fourth-order valence-corrected chi connectivity index (χ4v) is 2.14. The summed E-state index contributed by atoms with van der Waals surface area (Å²) in [6.07, 6.45) is 1.12. The summed E-state index contributed by atoms with van der Waals surface area (Å²) in [7, 11) is 0. The molecule has 1 aliphatic rings. The van der Waals surface area contributed by atoms with Crippen molar-refractivity contribution >= 4 is 17.3 Å². The molecule has 0 saturated carbocycles. The molecule has 2 heterocycles. The Bertz CT molecular complexity index is 304. The van der Waals surface area contributed by atoms with E-state index in [2.05, 4.69) is 5.32 Å². The predicted octanol–water partition coefficient (Wildman–Crippen LogP) is 1.48. The van der Waals surface area contributed by atoms with Gasteiger partial charge in [-0.15, -0.1) is 11.3 Å². The van der Waals surface area contributed by atoms with Crippen molar-refractivity contribution in [3.05, 3.63) is 21.9 Å². The Hall–Kier alpha value is -0.870. The molecule has 0 bridgehead atoms. The van der Waals surface area contributed by atoms with Gasteiger partial charge in [0.1, 0.15) is 4.88 Å². The Labute approximate surface area is 74.0 Å². The van der Waals surface area contributed by atoms with Gasteiger partial charge in [0.15, 0.2) is 0 Å². The van der Waals surface area contributed by atoms with Crippen LogP contribution in [0.4, 0.5) is 0 Å². The van der Waals surface area contributed by atoms with Crippen molar-refractivity contribution in [1.29, 1.82) is 0 Å². The van der Waals surface area contributed by atoms with Crippen molar-refractivity contribution in [2.45, 2.75) is 12.5 Å². The van der Waals surface area contributed by atoms with E-state index in [0.717, 1.165) is 17.8 Å². The second-order valence-electron chi connectivity index (χ2n) is 2.80. The van der Waals surface area contributed by atoms with Gasteiger partial charge in [0.25, 0.3) is 0 Å². The molecule has 0 amide bonds. The molecule has 1 unspecified atom stereocenters. The lowest BCUT2D eigenvalue weighted by Gasteiger charge is -2.26. The molecule has 1 fully saturated rings. The van der Waals surface area contributed by atoms with Gasteiger partial charge >= 0.3 is 5.97 Å². The first-order chi connectivity index (χ1) is 5.77. The molecule has 4 heteroatoms. The van der Waals surface area contributed by atoms with E-state index < -0.39 is 5.97 Å². The number of carboxylic acids is 1. The molecule has 0 aromatic carbocycles. The lowest BCUT2D eigenvalue weighted by molar-refractivity contribution is 0.0702. The third-order valence-corrected chi connectivity index (χ3v) is 3.19.